The molecule has 8 heteroatoms. The molecule has 0 unspecified atom stereocenters. The lowest BCUT2D eigenvalue weighted by Crippen LogP contribution is -2.19. The minimum absolute atomic E-state index is 0.143. The van der Waals surface area contributed by atoms with Gasteiger partial charge in [0.15, 0.2) is 0 Å². The van der Waals surface area contributed by atoms with Gasteiger partial charge in [0.05, 0.1) is 0 Å². The van der Waals surface area contributed by atoms with E-state index in [2.05, 4.69) is 32.1 Å². The molecule has 0 aliphatic heterocycles. The predicted octanol–water partition coefficient (Wildman–Crippen LogP) is 0.616. The van der Waals surface area contributed by atoms with Gasteiger partial charge in [-0.15, -0.1) is 0 Å². The van der Waals surface area contributed by atoms with E-state index in [1.54, 1.807) is 0 Å². The normalized spacial score (nSPS) is 9.24. The Labute approximate surface area is 121 Å². The van der Waals surface area contributed by atoms with Crippen molar-refractivity contribution in [2.24, 2.45) is 0 Å². The van der Waals surface area contributed by atoms with E-state index < -0.39 is 43.9 Å². The summed E-state index contributed by atoms with van der Waals surface area (Å²) >= 11 is 0. The molecule has 0 aromatic carbocycles. The van der Waals surface area contributed by atoms with E-state index in [-0.39, 0.29) is 11.1 Å². The Kier molecular flexibility index (Phi) is 8.13. The van der Waals surface area contributed by atoms with Crippen molar-refractivity contribution in [1.82, 2.24) is 0 Å². The number of ether oxygens (including phenoxy) is 4. The van der Waals surface area contributed by atoms with Crippen molar-refractivity contribution >= 4 is 23.9 Å². The van der Waals surface area contributed by atoms with Gasteiger partial charge in [-0.2, -0.15) is 0 Å². The average molecular weight is 300 g/mol. The van der Waals surface area contributed by atoms with Gasteiger partial charge in [0.2, 0.25) is 13.6 Å². The number of hydrogen-bond donors (Lipinski definition) is 0. The van der Waals surface area contributed by atoms with Gasteiger partial charge in [-0.1, -0.05) is 13.2 Å². The summed E-state index contributed by atoms with van der Waals surface area (Å²) in [7, 11) is 0. The zero-order chi connectivity index (χ0) is 16.4. The van der Waals surface area contributed by atoms with Gasteiger partial charge in [-0.05, 0) is 13.8 Å². The quantitative estimate of drug-likeness (QED) is 0.278. The molecule has 0 saturated carbocycles. The van der Waals surface area contributed by atoms with Crippen molar-refractivity contribution in [3.63, 3.8) is 0 Å². The Morgan fingerprint density at radius 1 is 0.714 bits per heavy atom. The van der Waals surface area contributed by atoms with E-state index in [4.69, 9.17) is 0 Å². The first kappa shape index (κ1) is 18.4. The summed E-state index contributed by atoms with van der Waals surface area (Å²) in [4.78, 5) is 44.2. The molecule has 0 N–H and O–H groups in total. The lowest BCUT2D eigenvalue weighted by molar-refractivity contribution is -0.171. The van der Waals surface area contributed by atoms with E-state index >= 15 is 0 Å². The molecule has 0 saturated heterocycles. The summed E-state index contributed by atoms with van der Waals surface area (Å²) in [5.74, 6) is -3.37. The molecule has 0 atom stereocenters. The van der Waals surface area contributed by atoms with Crippen molar-refractivity contribution in [2.45, 2.75) is 20.3 Å². The maximum absolute atomic E-state index is 11.2. The van der Waals surface area contributed by atoms with Crippen LogP contribution in [-0.2, 0) is 38.1 Å². The van der Waals surface area contributed by atoms with Gasteiger partial charge in [-0.3, -0.25) is 9.59 Å². The molecule has 21 heavy (non-hydrogen) atoms. The van der Waals surface area contributed by atoms with E-state index in [0.717, 1.165) is 0 Å². The van der Waals surface area contributed by atoms with Gasteiger partial charge in [0.1, 0.15) is 6.42 Å². The monoisotopic (exact) mass is 300 g/mol. The van der Waals surface area contributed by atoms with Gasteiger partial charge < -0.3 is 18.9 Å². The van der Waals surface area contributed by atoms with Crippen molar-refractivity contribution in [3.05, 3.63) is 24.3 Å². The van der Waals surface area contributed by atoms with Gasteiger partial charge in [0.25, 0.3) is 0 Å². The van der Waals surface area contributed by atoms with Crippen LogP contribution in [0.1, 0.15) is 20.3 Å². The fourth-order valence-corrected chi connectivity index (χ4v) is 0.764. The fourth-order valence-electron chi connectivity index (χ4n) is 0.764. The van der Waals surface area contributed by atoms with E-state index in [1.165, 1.54) is 13.8 Å². The maximum atomic E-state index is 11.2. The van der Waals surface area contributed by atoms with Crippen LogP contribution in [0.15, 0.2) is 24.3 Å². The Morgan fingerprint density at radius 3 is 1.33 bits per heavy atom. The van der Waals surface area contributed by atoms with E-state index in [9.17, 15) is 19.2 Å². The number of carbonyl (C=O) groups excluding carboxylic acids is 4. The van der Waals surface area contributed by atoms with Crippen molar-refractivity contribution in [2.75, 3.05) is 13.6 Å². The molecule has 0 aliphatic carbocycles. The Bertz CT molecular complexity index is 421. The van der Waals surface area contributed by atoms with Crippen LogP contribution in [0.2, 0.25) is 0 Å². The minimum Gasteiger partial charge on any atom is -0.427 e. The zero-order valence-electron chi connectivity index (χ0n) is 11.8. The molecule has 0 rings (SSSR count). The topological polar surface area (TPSA) is 105 Å². The Balaban J connectivity index is 3.82. The highest BCUT2D eigenvalue weighted by Crippen LogP contribution is 1.97. The molecule has 116 valence electrons. The van der Waals surface area contributed by atoms with Crippen molar-refractivity contribution in [3.8, 4) is 0 Å². The first-order chi connectivity index (χ1) is 9.73. The van der Waals surface area contributed by atoms with Crippen LogP contribution < -0.4 is 0 Å². The van der Waals surface area contributed by atoms with Crippen LogP contribution in [-0.4, -0.2) is 37.5 Å². The first-order valence-corrected chi connectivity index (χ1v) is 5.70. The highest BCUT2D eigenvalue weighted by molar-refractivity contribution is 5.91. The van der Waals surface area contributed by atoms with Crippen molar-refractivity contribution < 1.29 is 38.1 Å². The summed E-state index contributed by atoms with van der Waals surface area (Å²) in [6.45, 7) is 8.23. The smallest absolute Gasteiger partial charge is 0.335 e. The van der Waals surface area contributed by atoms with Gasteiger partial charge >= 0.3 is 23.9 Å². The number of carbonyl (C=O) groups is 4. The number of rotatable bonds is 8. The summed E-state index contributed by atoms with van der Waals surface area (Å²) in [6, 6.07) is 0. The van der Waals surface area contributed by atoms with Gasteiger partial charge in [0, 0.05) is 11.1 Å². The number of esters is 4. The second-order valence-corrected chi connectivity index (χ2v) is 3.87. The lowest BCUT2D eigenvalue weighted by atomic mass is 10.4. The van der Waals surface area contributed by atoms with Crippen molar-refractivity contribution in [1.29, 1.82) is 0 Å². The third kappa shape index (κ3) is 8.98. The fraction of sp³-hybridized carbons (Fsp3) is 0.385. The molecular formula is C13H16O8. The predicted molar refractivity (Wildman–Crippen MR) is 68.3 cm³/mol. The molecule has 0 spiro atoms. The Hall–Kier alpha value is -2.64. The summed E-state index contributed by atoms with van der Waals surface area (Å²) < 4.78 is 17.9. The molecule has 8 nitrogen and oxygen atoms in total. The van der Waals surface area contributed by atoms with Crippen LogP contribution in [0.25, 0.3) is 0 Å². The first-order valence-electron chi connectivity index (χ1n) is 5.70. The molecule has 0 heterocycles. The van der Waals surface area contributed by atoms with Crippen LogP contribution in [0.3, 0.4) is 0 Å². The molecule has 0 aromatic heterocycles. The highest BCUT2D eigenvalue weighted by atomic mass is 16.7. The molecule has 0 bridgehead atoms. The third-order valence-corrected chi connectivity index (χ3v) is 1.81. The minimum atomic E-state index is -0.958. The van der Waals surface area contributed by atoms with Crippen LogP contribution >= 0.6 is 0 Å². The van der Waals surface area contributed by atoms with E-state index in [1.807, 2.05) is 0 Å². The second-order valence-electron chi connectivity index (χ2n) is 3.87. The maximum Gasteiger partial charge on any atom is 0.335 e. The average Bonchev–Trinajstić information content (AvgIpc) is 2.37. The largest absolute Gasteiger partial charge is 0.427 e. The summed E-state index contributed by atoms with van der Waals surface area (Å²) in [5, 5.41) is 0. The van der Waals surface area contributed by atoms with Crippen LogP contribution in [0.4, 0.5) is 0 Å². The summed E-state index contributed by atoms with van der Waals surface area (Å²) in [6.07, 6.45) is -0.713. The SMILES string of the molecule is C=C(C)C(=O)OCOC(=O)CC(=O)OCOC(=O)C(=C)C. The third-order valence-electron chi connectivity index (χ3n) is 1.81. The number of hydrogen-bond acceptors (Lipinski definition) is 8. The molecular weight excluding hydrogens is 284 g/mol. The molecule has 0 fully saturated rings. The Morgan fingerprint density at radius 2 is 1.05 bits per heavy atom. The van der Waals surface area contributed by atoms with Gasteiger partial charge in [-0.25, -0.2) is 9.59 Å². The van der Waals surface area contributed by atoms with Crippen LogP contribution in [0.5, 0.6) is 0 Å². The highest BCUT2D eigenvalue weighted by Gasteiger charge is 2.14. The molecule has 0 aliphatic rings. The zero-order valence-corrected chi connectivity index (χ0v) is 11.8. The van der Waals surface area contributed by atoms with E-state index in [0.29, 0.717) is 0 Å². The lowest BCUT2D eigenvalue weighted by Gasteiger charge is -2.07. The second kappa shape index (κ2) is 9.29. The standard InChI is InChI=1S/C13H16O8/c1-8(2)12(16)20-6-18-10(14)5-11(15)19-7-21-13(17)9(3)4/h1,3,5-7H2,2,4H3. The summed E-state index contributed by atoms with van der Waals surface area (Å²) in [5.41, 5.74) is 0.287. The molecule has 0 aromatic rings. The van der Waals surface area contributed by atoms with Crippen LogP contribution in [0, 0.1) is 0 Å². The molecule has 0 radical (unpaired) electrons. The molecule has 0 amide bonds.